The third-order valence-electron chi connectivity index (χ3n) is 25.5. The topological polar surface area (TPSA) is 348 Å². The minimum absolute atomic E-state index is 0. The number of hydrogen-bond acceptors (Lipinski definition) is 13. The first-order valence-electron chi connectivity index (χ1n) is 38.6. The molecule has 16 bridgehead atoms. The average Bonchev–Trinajstić information content (AvgIpc) is 1.49. The standard InChI is InChI=1S/C68H74N8O11.C21H26O2.Na/c1-29-41(13-17-61(79)80)53-28-56-44(16-20-64(85)86)32(4)48(72-56)24-59-68(36(8)52(76-59)25-58-65(37(9)77)33(5)49(73-58)21-45(29)69-53)40(12)87-39(11)67-35(7)50-22-46-30(2)42(14-18-62(81)82)54(70-46)27-55-43(15-19-63(83)84)31(3)47(71-55)23-57-66(38(10)78)34(6)51(74-57)26-60(67)75-50;1-3-10-21-12-8-15(22)13-14(21)4-5-16-17-6-7-19(23)20(17,2)11-9-18(16)21;/h21-28,37-40,71-73,75,77-78H,13-20H2,1-12H3,(H,79,80)(H,81,82)(H,83,84)(H,85,86);1,13,16-18H,4-12H2,2H3;/q;;+1/t;16-,17-,18-,20-,21-;/m.0./s1. The van der Waals surface area contributed by atoms with Crippen molar-refractivity contribution in [2.24, 2.45) is 28.6 Å². The quantitative estimate of drug-likeness (QED) is 0.0266. The summed E-state index contributed by atoms with van der Waals surface area (Å²) < 4.78 is 7.26. The van der Waals surface area contributed by atoms with Crippen LogP contribution in [0.15, 0.2) is 60.2 Å². The minimum atomic E-state index is -0.958. The molecule has 0 saturated heterocycles. The van der Waals surface area contributed by atoms with E-state index in [9.17, 15) is 59.4 Å². The van der Waals surface area contributed by atoms with Crippen LogP contribution in [0.5, 0.6) is 0 Å². The van der Waals surface area contributed by atoms with Crippen LogP contribution in [0.4, 0.5) is 0 Å². The van der Waals surface area contributed by atoms with Gasteiger partial charge in [0.1, 0.15) is 5.78 Å². The Labute approximate surface area is 668 Å². The molecule has 4 aliphatic carbocycles. The van der Waals surface area contributed by atoms with Crippen LogP contribution in [0.1, 0.15) is 261 Å². The van der Waals surface area contributed by atoms with Crippen LogP contribution in [0, 0.1) is 68.6 Å². The molecule has 3 fully saturated rings. The molecule has 574 valence electrons. The second-order valence-electron chi connectivity index (χ2n) is 31.9. The van der Waals surface area contributed by atoms with Gasteiger partial charge in [-0.1, -0.05) is 12.5 Å². The summed E-state index contributed by atoms with van der Waals surface area (Å²) in [6.07, 6.45) is 13.4. The number of allylic oxidation sites excluding steroid dienone is 7. The van der Waals surface area contributed by atoms with Gasteiger partial charge in [0, 0.05) is 122 Å². The van der Waals surface area contributed by atoms with E-state index in [4.69, 9.17) is 31.1 Å². The fourth-order valence-corrected chi connectivity index (χ4v) is 19.7. The van der Waals surface area contributed by atoms with Gasteiger partial charge in [0.05, 0.1) is 70.0 Å². The van der Waals surface area contributed by atoms with Crippen LogP contribution in [0.2, 0.25) is 0 Å². The number of rotatable bonds is 19. The third kappa shape index (κ3) is 15.3. The molecule has 3 saturated carbocycles. The number of aryl methyl sites for hydroxylation is 6. The summed E-state index contributed by atoms with van der Waals surface area (Å²) in [5, 5.41) is 62.2. The number of H-pyrrole nitrogens is 4. The molecular formula is C89H100N8NaO13+. The molecule has 10 heterocycles. The number of aromatic amines is 4. The summed E-state index contributed by atoms with van der Waals surface area (Å²) >= 11 is 0. The van der Waals surface area contributed by atoms with E-state index in [1.165, 1.54) is 5.57 Å². The second kappa shape index (κ2) is 32.0. The predicted octanol–water partition coefficient (Wildman–Crippen LogP) is 14.4. The van der Waals surface area contributed by atoms with Gasteiger partial charge in [-0.2, -0.15) is 0 Å². The number of carboxylic acids is 4. The SMILES string of the molecule is C#CC[C@]12CCC(=O)C=C1CC[C@@H]1[C@@H]2CC[C@]2(C)C(=O)CC[C@@H]12.CC1=C(CCC(=O)O)c2cc3[nH]c(cc4nc(cc5[nH]c(cc1n2)c(C)c5C(C)OC(C)C1=C(C)c2cc5[nH]c(cc6nc(cc7[nH]c(cc1n2)c(C)c7CCC(=O)O)C(CCC(=O)O)=C6C)c(C)c5C(C)O)C(C)=C4C(C)O)c(C)c3CCC(=O)O.[Na+]. The van der Waals surface area contributed by atoms with Gasteiger partial charge < -0.3 is 55.3 Å². The normalized spacial score (nSPS) is 21.2. The summed E-state index contributed by atoms with van der Waals surface area (Å²) in [7, 11) is 0. The van der Waals surface area contributed by atoms with Crippen molar-refractivity contribution < 1.29 is 93.7 Å². The number of hydrogen-bond donors (Lipinski definition) is 10. The van der Waals surface area contributed by atoms with E-state index in [1.807, 2.05) is 124 Å². The molecule has 111 heavy (non-hydrogen) atoms. The number of aliphatic hydroxyl groups is 2. The number of nitrogens with zero attached hydrogens (tertiary/aromatic N) is 4. The third-order valence-corrected chi connectivity index (χ3v) is 25.5. The molecule has 22 heteroatoms. The van der Waals surface area contributed by atoms with E-state index >= 15 is 0 Å². The van der Waals surface area contributed by atoms with Crippen molar-refractivity contribution in [2.75, 3.05) is 0 Å². The maximum Gasteiger partial charge on any atom is 1.00 e. The summed E-state index contributed by atoms with van der Waals surface area (Å²) in [5.74, 6) is 1.64. The number of aromatic nitrogens is 8. The molecule has 6 aromatic rings. The summed E-state index contributed by atoms with van der Waals surface area (Å²) in [6, 6.07) is 15.3. The van der Waals surface area contributed by atoms with Gasteiger partial charge in [0.2, 0.25) is 0 Å². The van der Waals surface area contributed by atoms with E-state index < -0.39 is 48.3 Å². The van der Waals surface area contributed by atoms with Crippen LogP contribution in [0.3, 0.4) is 0 Å². The summed E-state index contributed by atoms with van der Waals surface area (Å²) in [6.45, 7) is 25.1. The average molecular weight is 1510 g/mol. The number of terminal acetylenes is 1. The first kappa shape index (κ1) is 81.1. The number of carboxylic acid groups (broad SMARTS) is 4. The molecular weight excluding hydrogens is 1410 g/mol. The summed E-state index contributed by atoms with van der Waals surface area (Å²) in [5.41, 5.74) is 23.7. The van der Waals surface area contributed by atoms with Crippen molar-refractivity contribution in [3.05, 3.63) is 150 Å². The Morgan fingerprint density at radius 1 is 0.495 bits per heavy atom. The number of ketones is 2. The van der Waals surface area contributed by atoms with Gasteiger partial charge in [0.25, 0.3) is 0 Å². The van der Waals surface area contributed by atoms with Crippen molar-refractivity contribution in [1.82, 2.24) is 39.9 Å². The molecule has 9 atom stereocenters. The van der Waals surface area contributed by atoms with Gasteiger partial charge in [-0.05, 0) is 286 Å². The number of aliphatic hydroxyl groups excluding tert-OH is 2. The number of Topliss-reactive ketones (excluding diaryl/α,β-unsaturated/α-hetero) is 1. The van der Waals surface area contributed by atoms with Gasteiger partial charge in [-0.25, -0.2) is 19.9 Å². The maximum absolute atomic E-state index is 12.4. The largest absolute Gasteiger partial charge is 1.00 e. The first-order valence-corrected chi connectivity index (χ1v) is 38.6. The van der Waals surface area contributed by atoms with Gasteiger partial charge in [-0.3, -0.25) is 28.8 Å². The number of nitrogens with one attached hydrogen (secondary N) is 4. The van der Waals surface area contributed by atoms with E-state index in [0.29, 0.717) is 131 Å². The number of aliphatic carboxylic acids is 4. The van der Waals surface area contributed by atoms with Crippen molar-refractivity contribution in [1.29, 1.82) is 0 Å². The van der Waals surface area contributed by atoms with Gasteiger partial charge >= 0.3 is 53.4 Å². The van der Waals surface area contributed by atoms with Crippen molar-refractivity contribution >= 4 is 124 Å². The second-order valence-corrected chi connectivity index (χ2v) is 31.9. The van der Waals surface area contributed by atoms with Crippen LogP contribution in [0.25, 0.3) is 88.7 Å². The molecule has 14 rings (SSSR count). The molecule has 21 nitrogen and oxygen atoms in total. The van der Waals surface area contributed by atoms with Crippen molar-refractivity contribution in [2.45, 2.75) is 224 Å². The zero-order valence-corrected chi connectivity index (χ0v) is 68.2. The number of fused-ring (bicyclic) bond motifs is 21. The van der Waals surface area contributed by atoms with Crippen LogP contribution < -0.4 is 29.6 Å². The molecule has 10 N–H and O–H groups in total. The fraction of sp³-hybridized carbons (Fsp3) is 0.438. The molecule has 0 radical (unpaired) electrons. The van der Waals surface area contributed by atoms with Gasteiger partial charge in [0.15, 0.2) is 5.78 Å². The molecule has 8 aliphatic rings. The molecule has 4 unspecified atom stereocenters. The molecule has 0 amide bonds. The number of carbonyl (C=O) groups is 6. The Bertz CT molecular complexity index is 5510. The van der Waals surface area contributed by atoms with E-state index in [1.54, 1.807) is 13.8 Å². The number of carbonyl (C=O) groups excluding carboxylic acids is 2. The zero-order chi connectivity index (χ0) is 79.0. The van der Waals surface area contributed by atoms with Crippen molar-refractivity contribution in [3.63, 3.8) is 0 Å². The van der Waals surface area contributed by atoms with Crippen LogP contribution in [-0.4, -0.2) is 118 Å². The predicted molar refractivity (Wildman–Crippen MR) is 427 cm³/mol. The minimum Gasteiger partial charge on any atom is -0.481 e. The molecule has 0 aromatic carbocycles. The fourth-order valence-electron chi connectivity index (χ4n) is 19.7. The Balaban J connectivity index is 0.000000403. The Morgan fingerprint density at radius 3 is 1.41 bits per heavy atom. The Hall–Kier alpha value is -9.40. The van der Waals surface area contributed by atoms with Crippen LogP contribution >= 0.6 is 0 Å². The van der Waals surface area contributed by atoms with E-state index in [0.717, 1.165) is 129 Å². The van der Waals surface area contributed by atoms with Crippen molar-refractivity contribution in [3.8, 4) is 12.3 Å². The monoisotopic (exact) mass is 1510 g/mol. The summed E-state index contributed by atoms with van der Waals surface area (Å²) in [4.78, 5) is 108. The Morgan fingerprint density at radius 2 is 0.919 bits per heavy atom. The molecule has 0 spiro atoms. The van der Waals surface area contributed by atoms with E-state index in [-0.39, 0.29) is 97.5 Å². The first-order chi connectivity index (χ1) is 52.2. The Kier molecular flexibility index (Phi) is 23.4. The van der Waals surface area contributed by atoms with Crippen LogP contribution in [-0.2, 0) is 46.3 Å². The van der Waals surface area contributed by atoms with Gasteiger partial charge in [-0.15, -0.1) is 12.3 Å². The maximum atomic E-state index is 12.4. The molecule has 4 aliphatic heterocycles. The smallest absolute Gasteiger partial charge is 0.481 e. The zero-order valence-electron chi connectivity index (χ0n) is 66.2. The molecule has 6 aromatic heterocycles. The van der Waals surface area contributed by atoms with E-state index in [2.05, 4.69) is 32.8 Å². The number of ether oxygens (including phenoxy) is 1.